The highest BCUT2D eigenvalue weighted by atomic mass is 15.3. The van der Waals surface area contributed by atoms with E-state index in [1.165, 1.54) is 32.5 Å². The second-order valence-electron chi connectivity index (χ2n) is 3.94. The Bertz CT molecular complexity index is 121. The highest BCUT2D eigenvalue weighted by molar-refractivity contribution is 4.66. The van der Waals surface area contributed by atoms with Gasteiger partial charge < -0.3 is 5.32 Å². The fourth-order valence-electron chi connectivity index (χ4n) is 1.69. The van der Waals surface area contributed by atoms with Crippen LogP contribution in [0.4, 0.5) is 0 Å². The third-order valence-corrected chi connectivity index (χ3v) is 2.54. The number of nitrogens with zero attached hydrogens (tertiary/aromatic N) is 2. The zero-order valence-electron chi connectivity index (χ0n) is 9.05. The van der Waals surface area contributed by atoms with E-state index in [4.69, 9.17) is 0 Å². The summed E-state index contributed by atoms with van der Waals surface area (Å²) in [7, 11) is 2.22. The Morgan fingerprint density at radius 3 is 2.62 bits per heavy atom. The van der Waals surface area contributed by atoms with Gasteiger partial charge in [0.25, 0.3) is 0 Å². The zero-order chi connectivity index (χ0) is 9.52. The molecule has 1 fully saturated rings. The Hall–Kier alpha value is -0.120. The van der Waals surface area contributed by atoms with Gasteiger partial charge in [-0.15, -0.1) is 0 Å². The van der Waals surface area contributed by atoms with E-state index in [0.717, 1.165) is 19.8 Å². The summed E-state index contributed by atoms with van der Waals surface area (Å²) < 4.78 is 0. The van der Waals surface area contributed by atoms with Gasteiger partial charge in [0.1, 0.15) is 0 Å². The molecule has 0 saturated carbocycles. The number of hydrogen-bond acceptors (Lipinski definition) is 3. The Morgan fingerprint density at radius 2 is 2.00 bits per heavy atom. The lowest BCUT2D eigenvalue weighted by Crippen LogP contribution is -2.47. The molecule has 78 valence electrons. The Morgan fingerprint density at radius 1 is 1.31 bits per heavy atom. The maximum absolute atomic E-state index is 3.37. The molecule has 0 aromatic rings. The molecule has 0 spiro atoms. The van der Waals surface area contributed by atoms with Crippen LogP contribution in [0.5, 0.6) is 0 Å². The van der Waals surface area contributed by atoms with Crippen LogP contribution >= 0.6 is 0 Å². The molecule has 1 rings (SSSR count). The molecule has 1 heterocycles. The first kappa shape index (κ1) is 11.0. The van der Waals surface area contributed by atoms with E-state index in [9.17, 15) is 0 Å². The normalized spacial score (nSPS) is 19.6. The average Bonchev–Trinajstić information content (AvgIpc) is 2.16. The van der Waals surface area contributed by atoms with E-state index in [1.807, 2.05) is 0 Å². The van der Waals surface area contributed by atoms with Gasteiger partial charge >= 0.3 is 0 Å². The molecule has 13 heavy (non-hydrogen) atoms. The van der Waals surface area contributed by atoms with Gasteiger partial charge in [-0.3, -0.25) is 9.80 Å². The summed E-state index contributed by atoms with van der Waals surface area (Å²) in [5.41, 5.74) is 0. The smallest absolute Gasteiger partial charge is 0.0504 e. The zero-order valence-corrected chi connectivity index (χ0v) is 9.05. The van der Waals surface area contributed by atoms with E-state index in [1.54, 1.807) is 0 Å². The summed E-state index contributed by atoms with van der Waals surface area (Å²) in [6.45, 7) is 9.34. The number of nitrogens with one attached hydrogen (secondary N) is 1. The number of piperazine rings is 1. The fourth-order valence-corrected chi connectivity index (χ4v) is 1.69. The van der Waals surface area contributed by atoms with Crippen LogP contribution in [0.3, 0.4) is 0 Å². The summed E-state index contributed by atoms with van der Waals surface area (Å²) in [6.07, 6.45) is 2.62. The average molecular weight is 185 g/mol. The minimum absolute atomic E-state index is 1.14. The molecule has 0 aromatic carbocycles. The SMILES string of the molecule is CCCCN(C)CN1CCNCC1. The van der Waals surface area contributed by atoms with Gasteiger partial charge in [-0.25, -0.2) is 0 Å². The summed E-state index contributed by atoms with van der Waals surface area (Å²) in [5, 5.41) is 3.37. The van der Waals surface area contributed by atoms with Crippen molar-refractivity contribution in [3.05, 3.63) is 0 Å². The summed E-state index contributed by atoms with van der Waals surface area (Å²) in [5.74, 6) is 0. The van der Waals surface area contributed by atoms with Crippen LogP contribution in [0.15, 0.2) is 0 Å². The maximum atomic E-state index is 3.37. The lowest BCUT2D eigenvalue weighted by atomic mass is 10.3. The summed E-state index contributed by atoms with van der Waals surface area (Å²) in [6, 6.07) is 0. The minimum Gasteiger partial charge on any atom is -0.314 e. The third-order valence-electron chi connectivity index (χ3n) is 2.54. The predicted molar refractivity (Wildman–Crippen MR) is 56.8 cm³/mol. The van der Waals surface area contributed by atoms with Crippen molar-refractivity contribution in [3.63, 3.8) is 0 Å². The van der Waals surface area contributed by atoms with Crippen molar-refractivity contribution in [1.82, 2.24) is 15.1 Å². The standard InChI is InChI=1S/C10H23N3/c1-3-4-7-12(2)10-13-8-5-11-6-9-13/h11H,3-10H2,1-2H3. The van der Waals surface area contributed by atoms with Crippen LogP contribution in [0.1, 0.15) is 19.8 Å². The van der Waals surface area contributed by atoms with Gasteiger partial charge in [0.2, 0.25) is 0 Å². The lowest BCUT2D eigenvalue weighted by Gasteiger charge is -2.31. The Balaban J connectivity index is 2.07. The van der Waals surface area contributed by atoms with Crippen LogP contribution in [0.25, 0.3) is 0 Å². The van der Waals surface area contributed by atoms with E-state index >= 15 is 0 Å². The first-order valence-electron chi connectivity index (χ1n) is 5.44. The van der Waals surface area contributed by atoms with E-state index in [-0.39, 0.29) is 0 Å². The molecule has 0 radical (unpaired) electrons. The minimum atomic E-state index is 1.14. The maximum Gasteiger partial charge on any atom is 0.0504 e. The fraction of sp³-hybridized carbons (Fsp3) is 1.00. The van der Waals surface area contributed by atoms with Crippen molar-refractivity contribution in [2.24, 2.45) is 0 Å². The highest BCUT2D eigenvalue weighted by Gasteiger charge is 2.10. The molecule has 0 unspecified atom stereocenters. The lowest BCUT2D eigenvalue weighted by molar-refractivity contribution is 0.138. The largest absolute Gasteiger partial charge is 0.314 e. The van der Waals surface area contributed by atoms with Gasteiger partial charge in [-0.2, -0.15) is 0 Å². The molecule has 1 N–H and O–H groups in total. The van der Waals surface area contributed by atoms with E-state index < -0.39 is 0 Å². The van der Waals surface area contributed by atoms with Crippen LogP contribution < -0.4 is 5.32 Å². The van der Waals surface area contributed by atoms with Gasteiger partial charge in [0.05, 0.1) is 6.67 Å². The molecular weight excluding hydrogens is 162 g/mol. The Labute approximate surface area is 82.1 Å². The van der Waals surface area contributed by atoms with Crippen LogP contribution in [-0.4, -0.2) is 56.2 Å². The second kappa shape index (κ2) is 6.35. The van der Waals surface area contributed by atoms with Gasteiger partial charge in [-0.05, 0) is 20.0 Å². The monoisotopic (exact) mass is 185 g/mol. The quantitative estimate of drug-likeness (QED) is 0.676. The van der Waals surface area contributed by atoms with Gasteiger partial charge in [0, 0.05) is 26.2 Å². The van der Waals surface area contributed by atoms with Gasteiger partial charge in [-0.1, -0.05) is 13.3 Å². The van der Waals surface area contributed by atoms with Crippen molar-refractivity contribution >= 4 is 0 Å². The predicted octanol–water partition coefficient (Wildman–Crippen LogP) is 0.581. The molecule has 0 bridgehead atoms. The summed E-state index contributed by atoms with van der Waals surface area (Å²) >= 11 is 0. The van der Waals surface area contributed by atoms with Crippen molar-refractivity contribution in [2.45, 2.75) is 19.8 Å². The third kappa shape index (κ3) is 4.60. The van der Waals surface area contributed by atoms with Crippen molar-refractivity contribution in [2.75, 3.05) is 46.4 Å². The highest BCUT2D eigenvalue weighted by Crippen LogP contribution is 1.96. The molecule has 0 aliphatic carbocycles. The van der Waals surface area contributed by atoms with E-state index in [0.29, 0.717) is 0 Å². The Kier molecular flexibility index (Phi) is 5.35. The molecule has 0 atom stereocenters. The van der Waals surface area contributed by atoms with Gasteiger partial charge in [0.15, 0.2) is 0 Å². The van der Waals surface area contributed by atoms with Crippen molar-refractivity contribution in [1.29, 1.82) is 0 Å². The van der Waals surface area contributed by atoms with Crippen LogP contribution in [0, 0.1) is 0 Å². The molecule has 3 nitrogen and oxygen atoms in total. The van der Waals surface area contributed by atoms with Crippen LogP contribution in [0.2, 0.25) is 0 Å². The first-order chi connectivity index (χ1) is 6.33. The summed E-state index contributed by atoms with van der Waals surface area (Å²) in [4.78, 5) is 4.95. The topological polar surface area (TPSA) is 18.5 Å². The molecule has 0 amide bonds. The van der Waals surface area contributed by atoms with Crippen molar-refractivity contribution in [3.8, 4) is 0 Å². The number of rotatable bonds is 5. The van der Waals surface area contributed by atoms with E-state index in [2.05, 4.69) is 29.1 Å². The van der Waals surface area contributed by atoms with Crippen LogP contribution in [-0.2, 0) is 0 Å². The number of hydrogen-bond donors (Lipinski definition) is 1. The molecule has 3 heteroatoms. The molecule has 1 saturated heterocycles. The molecule has 0 aromatic heterocycles. The number of unbranched alkanes of at least 4 members (excludes halogenated alkanes) is 1. The second-order valence-corrected chi connectivity index (χ2v) is 3.94. The first-order valence-corrected chi connectivity index (χ1v) is 5.44. The molecule has 1 aliphatic rings. The molecule has 1 aliphatic heterocycles. The molecular formula is C10H23N3. The van der Waals surface area contributed by atoms with Crippen molar-refractivity contribution < 1.29 is 0 Å².